The van der Waals surface area contributed by atoms with E-state index < -0.39 is 0 Å². The van der Waals surface area contributed by atoms with Crippen molar-refractivity contribution in [3.05, 3.63) is 86.2 Å². The maximum Gasteiger partial charge on any atom is 3.00 e. The summed E-state index contributed by atoms with van der Waals surface area (Å²) in [5.41, 5.74) is 15.8. The molecule has 0 aliphatic heterocycles. The number of hydrogen-bond acceptors (Lipinski definition) is 3. The smallest absolute Gasteiger partial charge is 1.00 e. The Morgan fingerprint density at radius 2 is 0.615 bits per heavy atom. The van der Waals surface area contributed by atoms with Gasteiger partial charge in [0.2, 0.25) is 0 Å². The molecule has 0 bridgehead atoms. The van der Waals surface area contributed by atoms with Crippen LogP contribution in [-0.2, 0) is 0 Å². The number of pyridine rings is 1. The van der Waals surface area contributed by atoms with Crippen molar-refractivity contribution in [1.82, 2.24) is 4.98 Å². The zero-order chi connectivity index (χ0) is 41.5. The van der Waals surface area contributed by atoms with E-state index in [0.717, 1.165) is 27.8 Å². The molecule has 0 spiro atoms. The first-order valence-electron chi connectivity index (χ1n) is 26.1. The Morgan fingerprint density at radius 1 is 0.385 bits per heavy atom. The van der Waals surface area contributed by atoms with Gasteiger partial charge in [-0.15, -0.1) is 0 Å². The van der Waals surface area contributed by atoms with Crippen molar-refractivity contribution in [2.24, 2.45) is 9.98 Å². The van der Waals surface area contributed by atoms with Gasteiger partial charge in [-0.3, -0.25) is 9.98 Å². The first kappa shape index (κ1) is 55.4. The van der Waals surface area contributed by atoms with Crippen LogP contribution in [0.5, 0.6) is 0 Å². The molecule has 353 valence electrons. The molecule has 6 aliphatic rings. The maximum atomic E-state index is 7.12. The number of rotatable bonds is 10. The molecule has 1 heterocycles. The average molecular weight is 1090 g/mol. The van der Waals surface area contributed by atoms with Crippen molar-refractivity contribution >= 4 is 34.4 Å². The van der Waals surface area contributed by atoms with E-state index in [4.69, 9.17) is 26.6 Å². The Kier molecular flexibility index (Phi) is 23.1. The molecule has 1 radical (unpaired) electrons. The normalized spacial score (nSPS) is 21.7. The SMILES string of the molecule is CC(=Nc1c(C2CCCCC2)cc(C2CCCCC2)cc1C1CCCCC1)c1cc(Cl)cc(C(C)=Nc2c(C3CCCCC3)cc(C3CCCCC3)cc2C2CCCCC2)n1.[Cl-].[Cl-].[Cl-].[Nd+3]. The van der Waals surface area contributed by atoms with Gasteiger partial charge in [0.15, 0.2) is 0 Å². The van der Waals surface area contributed by atoms with Crippen molar-refractivity contribution < 1.29 is 78.1 Å². The Hall–Kier alpha value is -0.559. The minimum atomic E-state index is 0. The predicted molar refractivity (Wildman–Crippen MR) is 261 cm³/mol. The van der Waals surface area contributed by atoms with Crippen molar-refractivity contribution in [3.8, 4) is 0 Å². The summed E-state index contributed by atoms with van der Waals surface area (Å²) in [6.07, 6.45) is 40.3. The van der Waals surface area contributed by atoms with Gasteiger partial charge in [-0.1, -0.05) is 151 Å². The summed E-state index contributed by atoms with van der Waals surface area (Å²) in [6, 6.07) is 14.8. The van der Waals surface area contributed by atoms with Crippen molar-refractivity contribution in [2.45, 2.75) is 242 Å². The van der Waals surface area contributed by atoms with E-state index in [1.165, 1.54) is 204 Å². The fourth-order valence-corrected chi connectivity index (χ4v) is 13.4. The Balaban J connectivity index is 0.00000198. The Morgan fingerprint density at radius 3 is 0.862 bits per heavy atom. The third-order valence-corrected chi connectivity index (χ3v) is 17.0. The van der Waals surface area contributed by atoms with Gasteiger partial charge in [-0.2, -0.15) is 0 Å². The largest absolute Gasteiger partial charge is 3.00 e. The van der Waals surface area contributed by atoms with Crippen molar-refractivity contribution in [3.63, 3.8) is 0 Å². The topological polar surface area (TPSA) is 37.6 Å². The Bertz CT molecular complexity index is 1790. The predicted octanol–water partition coefficient (Wildman–Crippen LogP) is 9.31. The van der Waals surface area contributed by atoms with Crippen LogP contribution in [0.3, 0.4) is 0 Å². The summed E-state index contributed by atoms with van der Waals surface area (Å²) < 4.78 is 0. The van der Waals surface area contributed by atoms with Crippen LogP contribution in [0.4, 0.5) is 11.4 Å². The van der Waals surface area contributed by atoms with E-state index in [0.29, 0.717) is 35.5 Å². The quantitative estimate of drug-likeness (QED) is 0.187. The molecule has 65 heavy (non-hydrogen) atoms. The van der Waals surface area contributed by atoms with Gasteiger partial charge in [0, 0.05) is 5.02 Å². The van der Waals surface area contributed by atoms with Gasteiger partial charge in [0.25, 0.3) is 0 Å². The summed E-state index contributed by atoms with van der Waals surface area (Å²) in [7, 11) is 0. The van der Waals surface area contributed by atoms with Crippen LogP contribution in [0.15, 0.2) is 46.4 Å². The number of nitrogens with zero attached hydrogens (tertiary/aromatic N) is 3. The minimum Gasteiger partial charge on any atom is -1.00 e. The van der Waals surface area contributed by atoms with E-state index in [-0.39, 0.29) is 78.1 Å². The van der Waals surface area contributed by atoms with Gasteiger partial charge in [0.05, 0.1) is 34.2 Å². The molecule has 0 amide bonds. The molecule has 6 fully saturated rings. The van der Waals surface area contributed by atoms with Crippen LogP contribution in [0.2, 0.25) is 5.02 Å². The summed E-state index contributed by atoms with van der Waals surface area (Å²) in [6.45, 7) is 4.40. The van der Waals surface area contributed by atoms with Gasteiger partial charge in [-0.05, 0) is 172 Å². The summed E-state index contributed by atoms with van der Waals surface area (Å²) in [5, 5.41) is 0.726. The molecule has 1 aromatic heterocycles. The molecule has 9 rings (SSSR count). The van der Waals surface area contributed by atoms with E-state index in [1.54, 1.807) is 33.4 Å². The third-order valence-electron chi connectivity index (χ3n) is 16.8. The van der Waals surface area contributed by atoms with Gasteiger partial charge < -0.3 is 37.2 Å². The third kappa shape index (κ3) is 13.9. The standard InChI is InChI=1S/C57H78ClN3.3ClH.Nd/c1-39(59-56-50(43-25-13-5-14-26-43)33-47(41-21-9-3-10-22-41)34-51(56)44-27-15-6-16-28-44)54-37-49(58)38-55(61-54)40(2)60-57-52(45-29-17-7-18-30-45)35-48(42-23-11-4-12-24-42)36-53(57)46-31-19-8-20-32-46;;;;/h33-38,41-46H,3-32H2,1-2H3;3*1H;/q;;;;+3/p-3. The summed E-state index contributed by atoms with van der Waals surface area (Å²) >= 11 is 7.12. The molecule has 0 atom stereocenters. The van der Waals surface area contributed by atoms with Gasteiger partial charge in [0.1, 0.15) is 0 Å². The van der Waals surface area contributed by atoms with E-state index in [2.05, 4.69) is 50.2 Å². The van der Waals surface area contributed by atoms with Crippen LogP contribution in [0, 0.1) is 40.8 Å². The Labute approximate surface area is 451 Å². The number of benzene rings is 2. The number of halogens is 4. The second-order valence-electron chi connectivity index (χ2n) is 21.1. The van der Waals surface area contributed by atoms with Crippen LogP contribution < -0.4 is 37.2 Å². The van der Waals surface area contributed by atoms with E-state index in [1.807, 2.05) is 0 Å². The molecule has 6 aliphatic carbocycles. The second kappa shape index (κ2) is 27.2. The fourth-order valence-electron chi connectivity index (χ4n) is 13.2. The zero-order valence-electron chi connectivity index (χ0n) is 40.0. The maximum absolute atomic E-state index is 7.12. The number of hydrogen-bond donors (Lipinski definition) is 0. The first-order chi connectivity index (χ1) is 30.0. The van der Waals surface area contributed by atoms with Crippen LogP contribution in [0.1, 0.15) is 287 Å². The fraction of sp³-hybridized carbons (Fsp3) is 0.667. The summed E-state index contributed by atoms with van der Waals surface area (Å²) in [4.78, 5) is 16.9. The molecule has 6 saturated carbocycles. The number of aromatic nitrogens is 1. The van der Waals surface area contributed by atoms with Gasteiger partial charge in [-0.25, -0.2) is 4.98 Å². The average Bonchev–Trinajstić information content (AvgIpc) is 3.33. The summed E-state index contributed by atoms with van der Waals surface area (Å²) in [5.74, 6) is 3.82. The van der Waals surface area contributed by atoms with Crippen LogP contribution in [-0.4, -0.2) is 16.4 Å². The molecule has 0 N–H and O–H groups in total. The molecular weight excluding hydrogens is 1010 g/mol. The molecule has 8 heteroatoms. The molecule has 0 unspecified atom stereocenters. The first-order valence-corrected chi connectivity index (χ1v) is 26.5. The molecule has 3 aromatic rings. The van der Waals surface area contributed by atoms with Crippen molar-refractivity contribution in [2.75, 3.05) is 0 Å². The second-order valence-corrected chi connectivity index (χ2v) is 21.5. The minimum absolute atomic E-state index is 0. The zero-order valence-corrected chi connectivity index (χ0v) is 46.2. The monoisotopic (exact) mass is 1090 g/mol. The van der Waals surface area contributed by atoms with Crippen molar-refractivity contribution in [1.29, 1.82) is 0 Å². The van der Waals surface area contributed by atoms with E-state index in [9.17, 15) is 0 Å². The molecular formula is C57H78Cl4N3Nd. The van der Waals surface area contributed by atoms with Gasteiger partial charge >= 0.3 is 40.8 Å². The number of aliphatic imine (C=N–C) groups is 2. The van der Waals surface area contributed by atoms with E-state index >= 15 is 0 Å². The molecule has 3 nitrogen and oxygen atoms in total. The van der Waals surface area contributed by atoms with Crippen LogP contribution >= 0.6 is 11.6 Å². The van der Waals surface area contributed by atoms with Crippen LogP contribution in [0.25, 0.3) is 0 Å². The molecule has 0 saturated heterocycles. The molecule has 2 aromatic carbocycles.